The average Bonchev–Trinajstić information content (AvgIpc) is 2.86. The molecular weight excluding hydrogens is 250 g/mol. The van der Waals surface area contributed by atoms with Gasteiger partial charge in [0.1, 0.15) is 5.82 Å². The van der Waals surface area contributed by atoms with Crippen LogP contribution in [0.5, 0.6) is 0 Å². The molecule has 7 nitrogen and oxygen atoms in total. The molecule has 19 heavy (non-hydrogen) atoms. The zero-order chi connectivity index (χ0) is 14.0. The van der Waals surface area contributed by atoms with Crippen LogP contribution in [0.4, 0.5) is 5.82 Å². The van der Waals surface area contributed by atoms with E-state index in [1.807, 2.05) is 4.90 Å². The Morgan fingerprint density at radius 1 is 1.47 bits per heavy atom. The number of nitrogens with zero attached hydrogens (tertiary/aromatic N) is 3. The molecule has 1 fully saturated rings. The highest BCUT2D eigenvalue weighted by Gasteiger charge is 2.29. The summed E-state index contributed by atoms with van der Waals surface area (Å²) < 4.78 is 4.59. The Morgan fingerprint density at radius 2 is 2.21 bits per heavy atom. The Hall–Kier alpha value is -2.18. The lowest BCUT2D eigenvalue weighted by atomic mass is 10.1. The van der Waals surface area contributed by atoms with Gasteiger partial charge in [-0.3, -0.25) is 4.79 Å². The minimum atomic E-state index is -0.804. The van der Waals surface area contributed by atoms with E-state index in [-0.39, 0.29) is 5.82 Å². The summed E-state index contributed by atoms with van der Waals surface area (Å²) in [6.45, 7) is 2.75. The third kappa shape index (κ3) is 2.81. The van der Waals surface area contributed by atoms with Crippen molar-refractivity contribution in [3.63, 3.8) is 0 Å². The molecule has 0 radical (unpaired) electrons. The molecule has 7 heteroatoms. The van der Waals surface area contributed by atoms with Gasteiger partial charge in [-0.05, 0) is 13.3 Å². The van der Waals surface area contributed by atoms with Gasteiger partial charge in [0.05, 0.1) is 13.0 Å². The fraction of sp³-hybridized carbons (Fsp3) is 0.500. The SMILES string of the molecule is COC(=O)c1nc(C)cc(N2CCC(C(=O)O)C2)n1. The van der Waals surface area contributed by atoms with E-state index in [4.69, 9.17) is 5.11 Å². The number of carbonyl (C=O) groups is 2. The molecule has 2 heterocycles. The summed E-state index contributed by atoms with van der Waals surface area (Å²) in [7, 11) is 1.27. The summed E-state index contributed by atoms with van der Waals surface area (Å²) in [6.07, 6.45) is 0.575. The second-order valence-corrected chi connectivity index (χ2v) is 4.45. The van der Waals surface area contributed by atoms with E-state index in [9.17, 15) is 9.59 Å². The average molecular weight is 265 g/mol. The van der Waals surface area contributed by atoms with Crippen LogP contribution in [-0.4, -0.2) is 47.2 Å². The van der Waals surface area contributed by atoms with Crippen molar-refractivity contribution in [2.75, 3.05) is 25.1 Å². The van der Waals surface area contributed by atoms with Crippen molar-refractivity contribution in [1.29, 1.82) is 0 Å². The molecule has 1 aromatic heterocycles. The van der Waals surface area contributed by atoms with Crippen LogP contribution in [-0.2, 0) is 9.53 Å². The number of aryl methyl sites for hydroxylation is 1. The van der Waals surface area contributed by atoms with Crippen molar-refractivity contribution >= 4 is 17.8 Å². The van der Waals surface area contributed by atoms with Gasteiger partial charge in [0, 0.05) is 24.8 Å². The van der Waals surface area contributed by atoms with Crippen LogP contribution in [0.15, 0.2) is 6.07 Å². The predicted molar refractivity (Wildman–Crippen MR) is 66.1 cm³/mol. The molecule has 0 aromatic carbocycles. The van der Waals surface area contributed by atoms with Crippen molar-refractivity contribution in [2.24, 2.45) is 5.92 Å². The summed E-state index contributed by atoms with van der Waals surface area (Å²) >= 11 is 0. The Bertz CT molecular complexity index is 518. The van der Waals surface area contributed by atoms with Crippen LogP contribution in [0.3, 0.4) is 0 Å². The number of carboxylic acids is 1. The van der Waals surface area contributed by atoms with Gasteiger partial charge in [0.15, 0.2) is 0 Å². The summed E-state index contributed by atoms with van der Waals surface area (Å²) in [5, 5.41) is 8.98. The van der Waals surface area contributed by atoms with Crippen molar-refractivity contribution in [3.05, 3.63) is 17.6 Å². The Kier molecular flexibility index (Phi) is 3.64. The molecule has 1 atom stereocenters. The topological polar surface area (TPSA) is 92.6 Å². The number of esters is 1. The zero-order valence-electron chi connectivity index (χ0n) is 10.8. The summed E-state index contributed by atoms with van der Waals surface area (Å²) in [5.41, 5.74) is 0.643. The molecule has 1 N–H and O–H groups in total. The second kappa shape index (κ2) is 5.21. The predicted octanol–water partition coefficient (Wildman–Crippen LogP) is 0.483. The number of rotatable bonds is 3. The van der Waals surface area contributed by atoms with Crippen molar-refractivity contribution < 1.29 is 19.4 Å². The van der Waals surface area contributed by atoms with Gasteiger partial charge in [-0.2, -0.15) is 0 Å². The van der Waals surface area contributed by atoms with E-state index in [2.05, 4.69) is 14.7 Å². The van der Waals surface area contributed by atoms with Crippen molar-refractivity contribution in [2.45, 2.75) is 13.3 Å². The van der Waals surface area contributed by atoms with Gasteiger partial charge in [0.25, 0.3) is 0 Å². The van der Waals surface area contributed by atoms with Crippen molar-refractivity contribution in [1.82, 2.24) is 9.97 Å². The first-order valence-electron chi connectivity index (χ1n) is 5.93. The normalized spacial score (nSPS) is 18.4. The van der Waals surface area contributed by atoms with E-state index < -0.39 is 17.9 Å². The van der Waals surface area contributed by atoms with E-state index in [0.29, 0.717) is 31.0 Å². The molecule has 1 aromatic rings. The fourth-order valence-electron chi connectivity index (χ4n) is 2.07. The number of ether oxygens (including phenoxy) is 1. The number of hydrogen-bond donors (Lipinski definition) is 1. The van der Waals surface area contributed by atoms with Gasteiger partial charge in [0.2, 0.25) is 5.82 Å². The lowest BCUT2D eigenvalue weighted by Crippen LogP contribution is -2.24. The molecule has 0 aliphatic carbocycles. The first-order chi connectivity index (χ1) is 9.01. The van der Waals surface area contributed by atoms with Crippen molar-refractivity contribution in [3.8, 4) is 0 Å². The second-order valence-electron chi connectivity index (χ2n) is 4.45. The summed E-state index contributed by atoms with van der Waals surface area (Å²) in [4.78, 5) is 32.4. The van der Waals surface area contributed by atoms with Crippen LogP contribution in [0.25, 0.3) is 0 Å². The molecule has 0 bridgehead atoms. The van der Waals surface area contributed by atoms with Gasteiger partial charge >= 0.3 is 11.9 Å². The molecule has 0 spiro atoms. The van der Waals surface area contributed by atoms with Gasteiger partial charge in [-0.1, -0.05) is 0 Å². The van der Waals surface area contributed by atoms with Gasteiger partial charge in [-0.15, -0.1) is 0 Å². The van der Waals surface area contributed by atoms with Gasteiger partial charge in [-0.25, -0.2) is 14.8 Å². The monoisotopic (exact) mass is 265 g/mol. The minimum Gasteiger partial charge on any atom is -0.481 e. The quantitative estimate of drug-likeness (QED) is 0.794. The molecule has 0 saturated carbocycles. The van der Waals surface area contributed by atoms with Crippen LogP contribution in [0, 0.1) is 12.8 Å². The number of aliphatic carboxylic acids is 1. The smallest absolute Gasteiger partial charge is 0.376 e. The number of hydrogen-bond acceptors (Lipinski definition) is 6. The lowest BCUT2D eigenvalue weighted by molar-refractivity contribution is -0.140. The molecule has 1 aliphatic rings. The maximum absolute atomic E-state index is 11.4. The van der Waals surface area contributed by atoms with Gasteiger partial charge < -0.3 is 14.7 Å². The number of aromatic nitrogens is 2. The maximum Gasteiger partial charge on any atom is 0.376 e. The first-order valence-corrected chi connectivity index (χ1v) is 5.93. The highest BCUT2D eigenvalue weighted by atomic mass is 16.5. The number of methoxy groups -OCH3 is 1. The molecule has 2 rings (SSSR count). The van der Waals surface area contributed by atoms with E-state index >= 15 is 0 Å². The van der Waals surface area contributed by atoms with Crippen LogP contribution < -0.4 is 4.90 Å². The fourth-order valence-corrected chi connectivity index (χ4v) is 2.07. The summed E-state index contributed by atoms with van der Waals surface area (Å²) in [6, 6.07) is 1.73. The molecule has 1 aliphatic heterocycles. The number of carbonyl (C=O) groups excluding carboxylic acids is 1. The van der Waals surface area contributed by atoms with Crippen LogP contribution in [0.2, 0.25) is 0 Å². The maximum atomic E-state index is 11.4. The zero-order valence-corrected chi connectivity index (χ0v) is 10.8. The Morgan fingerprint density at radius 3 is 2.79 bits per heavy atom. The minimum absolute atomic E-state index is 0.00345. The Labute approximate surface area is 110 Å². The third-order valence-electron chi connectivity index (χ3n) is 3.07. The lowest BCUT2D eigenvalue weighted by Gasteiger charge is -2.17. The van der Waals surface area contributed by atoms with E-state index in [0.717, 1.165) is 0 Å². The molecule has 1 saturated heterocycles. The van der Waals surface area contributed by atoms with E-state index in [1.54, 1.807) is 13.0 Å². The Balaban J connectivity index is 2.23. The standard InChI is InChI=1S/C12H15N3O4/c1-7-5-9(14-10(13-7)12(18)19-2)15-4-3-8(6-15)11(16)17/h5,8H,3-4,6H2,1-2H3,(H,16,17). The highest BCUT2D eigenvalue weighted by molar-refractivity contribution is 5.85. The summed E-state index contributed by atoms with van der Waals surface area (Å²) in [5.74, 6) is -1.23. The number of anilines is 1. The van der Waals surface area contributed by atoms with Crippen LogP contribution >= 0.6 is 0 Å². The first kappa shape index (κ1) is 13.3. The molecule has 0 amide bonds. The van der Waals surface area contributed by atoms with E-state index in [1.165, 1.54) is 7.11 Å². The number of carboxylic acid groups (broad SMARTS) is 1. The molecular formula is C12H15N3O4. The molecule has 1 unspecified atom stereocenters. The van der Waals surface area contributed by atoms with Crippen LogP contribution in [0.1, 0.15) is 22.7 Å². The third-order valence-corrected chi connectivity index (χ3v) is 3.07. The largest absolute Gasteiger partial charge is 0.481 e. The molecule has 102 valence electrons. The highest BCUT2D eigenvalue weighted by Crippen LogP contribution is 2.23.